The summed E-state index contributed by atoms with van der Waals surface area (Å²) in [6, 6.07) is 10.8. The van der Waals surface area contributed by atoms with Gasteiger partial charge in [0.25, 0.3) is 0 Å². The van der Waals surface area contributed by atoms with Crippen LogP contribution in [0.3, 0.4) is 0 Å². The Morgan fingerprint density at radius 2 is 1.71 bits per heavy atom. The summed E-state index contributed by atoms with van der Waals surface area (Å²) in [4.78, 5) is 4.11. The molecule has 0 atom stereocenters. The average molecular weight is 333 g/mol. The number of aryl methyl sites for hydroxylation is 1. The van der Waals surface area contributed by atoms with Crippen molar-refractivity contribution in [2.45, 2.75) is 25.9 Å². The molecule has 0 radical (unpaired) electrons. The van der Waals surface area contributed by atoms with Crippen LogP contribution < -0.4 is 0 Å². The fourth-order valence-electron chi connectivity index (χ4n) is 2.88. The summed E-state index contributed by atoms with van der Waals surface area (Å²) in [7, 11) is 0. The van der Waals surface area contributed by atoms with Gasteiger partial charge in [-0.25, -0.2) is 4.39 Å². The highest BCUT2D eigenvalue weighted by Gasteiger charge is 2.33. The molecule has 0 N–H and O–H groups in total. The maximum atomic E-state index is 13.9. The number of hydrogen-bond acceptors (Lipinski definition) is 1. The molecule has 0 aliphatic carbocycles. The van der Waals surface area contributed by atoms with E-state index in [4.69, 9.17) is 0 Å². The summed E-state index contributed by atoms with van der Waals surface area (Å²) >= 11 is 0. The number of pyridine rings is 1. The van der Waals surface area contributed by atoms with E-state index in [0.29, 0.717) is 34.9 Å². The van der Waals surface area contributed by atoms with Crippen LogP contribution >= 0.6 is 0 Å². The Hall–Kier alpha value is -2.43. The maximum Gasteiger partial charge on any atom is 0.416 e. The van der Waals surface area contributed by atoms with Crippen LogP contribution in [0.25, 0.3) is 22.0 Å². The SMILES string of the molecule is CCCc1cc(-c2ncc(F)c3ccccc23)ccc1C(F)(F)F. The van der Waals surface area contributed by atoms with Crippen molar-refractivity contribution in [3.63, 3.8) is 0 Å². The van der Waals surface area contributed by atoms with E-state index < -0.39 is 17.6 Å². The van der Waals surface area contributed by atoms with Gasteiger partial charge in [-0.2, -0.15) is 13.2 Å². The van der Waals surface area contributed by atoms with Gasteiger partial charge in [0.05, 0.1) is 17.5 Å². The van der Waals surface area contributed by atoms with Crippen LogP contribution in [0, 0.1) is 5.82 Å². The Bertz CT molecular complexity index is 884. The van der Waals surface area contributed by atoms with Gasteiger partial charge in [-0.05, 0) is 24.1 Å². The Kier molecular flexibility index (Phi) is 4.26. The molecule has 0 bridgehead atoms. The summed E-state index contributed by atoms with van der Waals surface area (Å²) in [5, 5.41) is 0.985. The number of rotatable bonds is 3. The molecule has 0 saturated carbocycles. The van der Waals surface area contributed by atoms with E-state index in [-0.39, 0.29) is 5.56 Å². The predicted octanol–water partition coefficient (Wildman–Crippen LogP) is 6.01. The molecule has 3 aromatic rings. The monoisotopic (exact) mass is 333 g/mol. The van der Waals surface area contributed by atoms with Crippen molar-refractivity contribution in [2.24, 2.45) is 0 Å². The third-order valence-electron chi connectivity index (χ3n) is 3.95. The van der Waals surface area contributed by atoms with E-state index in [1.54, 1.807) is 24.3 Å². The molecule has 1 heterocycles. The van der Waals surface area contributed by atoms with E-state index in [0.717, 1.165) is 12.3 Å². The van der Waals surface area contributed by atoms with Gasteiger partial charge in [0.2, 0.25) is 0 Å². The zero-order valence-electron chi connectivity index (χ0n) is 13.0. The third-order valence-corrected chi connectivity index (χ3v) is 3.95. The smallest absolute Gasteiger partial charge is 0.253 e. The third kappa shape index (κ3) is 2.98. The normalized spacial score (nSPS) is 11.9. The summed E-state index contributed by atoms with van der Waals surface area (Å²) in [6.07, 6.45) is -2.36. The summed E-state index contributed by atoms with van der Waals surface area (Å²) in [5.74, 6) is -0.449. The number of hydrogen-bond donors (Lipinski definition) is 0. The molecule has 0 fully saturated rings. The van der Waals surface area contributed by atoms with Crippen LogP contribution in [0.2, 0.25) is 0 Å². The minimum Gasteiger partial charge on any atom is -0.253 e. The molecule has 0 unspecified atom stereocenters. The summed E-state index contributed by atoms with van der Waals surface area (Å²) in [5.41, 5.74) is 0.651. The fraction of sp³-hybridized carbons (Fsp3) is 0.211. The van der Waals surface area contributed by atoms with Crippen molar-refractivity contribution in [3.05, 3.63) is 65.6 Å². The lowest BCUT2D eigenvalue weighted by Gasteiger charge is -2.14. The van der Waals surface area contributed by atoms with E-state index >= 15 is 0 Å². The van der Waals surface area contributed by atoms with Crippen molar-refractivity contribution >= 4 is 10.8 Å². The van der Waals surface area contributed by atoms with Gasteiger partial charge in [0.1, 0.15) is 5.82 Å². The molecule has 2 aromatic carbocycles. The van der Waals surface area contributed by atoms with Gasteiger partial charge in [0, 0.05) is 16.3 Å². The first-order valence-electron chi connectivity index (χ1n) is 7.65. The molecule has 0 aliphatic heterocycles. The Morgan fingerprint density at radius 1 is 1.00 bits per heavy atom. The second-order valence-electron chi connectivity index (χ2n) is 5.62. The van der Waals surface area contributed by atoms with Crippen LogP contribution in [0.15, 0.2) is 48.7 Å². The molecule has 1 nitrogen and oxygen atoms in total. The first kappa shape index (κ1) is 16.4. The number of nitrogens with zero attached hydrogens (tertiary/aromatic N) is 1. The van der Waals surface area contributed by atoms with Crippen molar-refractivity contribution in [1.29, 1.82) is 0 Å². The lowest BCUT2D eigenvalue weighted by Crippen LogP contribution is -2.09. The highest BCUT2D eigenvalue weighted by atomic mass is 19.4. The molecule has 0 saturated heterocycles. The first-order valence-corrected chi connectivity index (χ1v) is 7.65. The molecule has 0 amide bonds. The Balaban J connectivity index is 2.21. The summed E-state index contributed by atoms with van der Waals surface area (Å²) < 4.78 is 53.3. The van der Waals surface area contributed by atoms with Crippen LogP contribution in [-0.2, 0) is 12.6 Å². The van der Waals surface area contributed by atoms with Crippen molar-refractivity contribution in [2.75, 3.05) is 0 Å². The van der Waals surface area contributed by atoms with Crippen LogP contribution in [0.4, 0.5) is 17.6 Å². The van der Waals surface area contributed by atoms with Crippen molar-refractivity contribution in [3.8, 4) is 11.3 Å². The number of halogens is 4. The second kappa shape index (κ2) is 6.23. The zero-order valence-corrected chi connectivity index (χ0v) is 13.0. The molecule has 124 valence electrons. The maximum absolute atomic E-state index is 13.9. The molecule has 24 heavy (non-hydrogen) atoms. The highest BCUT2D eigenvalue weighted by molar-refractivity contribution is 5.94. The van der Waals surface area contributed by atoms with Gasteiger partial charge in [-0.3, -0.25) is 4.98 Å². The first-order chi connectivity index (χ1) is 11.4. The van der Waals surface area contributed by atoms with Gasteiger partial charge in [-0.1, -0.05) is 43.7 Å². The largest absolute Gasteiger partial charge is 0.416 e. The number of fused-ring (bicyclic) bond motifs is 1. The average Bonchev–Trinajstić information content (AvgIpc) is 2.55. The minimum absolute atomic E-state index is 0.234. The Morgan fingerprint density at radius 3 is 2.38 bits per heavy atom. The van der Waals surface area contributed by atoms with E-state index in [9.17, 15) is 17.6 Å². The molecule has 0 aliphatic rings. The molecule has 5 heteroatoms. The second-order valence-corrected chi connectivity index (χ2v) is 5.62. The van der Waals surface area contributed by atoms with Crippen LogP contribution in [0.1, 0.15) is 24.5 Å². The Labute approximate surface area is 137 Å². The lowest BCUT2D eigenvalue weighted by molar-refractivity contribution is -0.138. The van der Waals surface area contributed by atoms with E-state index in [1.807, 2.05) is 6.92 Å². The van der Waals surface area contributed by atoms with Gasteiger partial charge >= 0.3 is 6.18 Å². The minimum atomic E-state index is -4.39. The number of aromatic nitrogens is 1. The zero-order chi connectivity index (χ0) is 17.3. The molecular weight excluding hydrogens is 318 g/mol. The predicted molar refractivity (Wildman–Crippen MR) is 86.1 cm³/mol. The number of alkyl halides is 3. The van der Waals surface area contributed by atoms with Gasteiger partial charge in [0.15, 0.2) is 0 Å². The summed E-state index contributed by atoms with van der Waals surface area (Å²) in [6.45, 7) is 1.83. The lowest BCUT2D eigenvalue weighted by atomic mass is 9.96. The van der Waals surface area contributed by atoms with Crippen molar-refractivity contribution < 1.29 is 17.6 Å². The van der Waals surface area contributed by atoms with E-state index in [1.165, 1.54) is 12.1 Å². The number of benzene rings is 2. The van der Waals surface area contributed by atoms with Gasteiger partial charge < -0.3 is 0 Å². The molecule has 0 spiro atoms. The van der Waals surface area contributed by atoms with Crippen molar-refractivity contribution in [1.82, 2.24) is 4.98 Å². The molecule has 3 rings (SSSR count). The van der Waals surface area contributed by atoms with Crippen LogP contribution in [-0.4, -0.2) is 4.98 Å². The standard InChI is InChI=1S/C19H15F4N/c1-2-5-12-10-13(8-9-16(12)19(21,22)23)18-15-7-4-3-6-14(15)17(20)11-24-18/h3-4,6-11H,2,5H2,1H3. The molecular formula is C19H15F4N. The quantitative estimate of drug-likeness (QED) is 0.535. The fourth-order valence-corrected chi connectivity index (χ4v) is 2.88. The molecule has 1 aromatic heterocycles. The van der Waals surface area contributed by atoms with Gasteiger partial charge in [-0.15, -0.1) is 0 Å². The van der Waals surface area contributed by atoms with Crippen LogP contribution in [0.5, 0.6) is 0 Å². The van der Waals surface area contributed by atoms with E-state index in [2.05, 4.69) is 4.98 Å². The highest BCUT2D eigenvalue weighted by Crippen LogP contribution is 2.36. The topological polar surface area (TPSA) is 12.9 Å².